The van der Waals surface area contributed by atoms with Gasteiger partial charge in [0, 0.05) is 18.6 Å². The molecule has 2 radical (unpaired) electrons. The molecule has 0 aliphatic heterocycles. The molecule has 1 fully saturated rings. The minimum Gasteiger partial charge on any atom is -0.458 e. The number of halogens is 3. The van der Waals surface area contributed by atoms with Crippen LogP contribution in [0.25, 0.3) is 0 Å². The second-order valence-corrected chi connectivity index (χ2v) is 10.9. The molecule has 1 saturated carbocycles. The lowest BCUT2D eigenvalue weighted by molar-refractivity contribution is -0.172. The van der Waals surface area contributed by atoms with E-state index in [2.05, 4.69) is 4.74 Å². The van der Waals surface area contributed by atoms with Gasteiger partial charge in [-0.15, -0.1) is 9.24 Å². The predicted octanol–water partition coefficient (Wildman–Crippen LogP) is 5.47. The highest BCUT2D eigenvalue weighted by molar-refractivity contribution is 7.22. The number of ether oxygens (including phenoxy) is 3. The summed E-state index contributed by atoms with van der Waals surface area (Å²) in [7, 11) is 6.45. The van der Waals surface area contributed by atoms with Crippen molar-refractivity contribution < 1.29 is 37.0 Å². The van der Waals surface area contributed by atoms with Gasteiger partial charge >= 0.3 is 11.9 Å². The first kappa shape index (κ1) is 29.5. The van der Waals surface area contributed by atoms with E-state index in [1.165, 1.54) is 15.3 Å². The molecule has 1 aromatic carbocycles. The van der Waals surface area contributed by atoms with Gasteiger partial charge in [-0.3, -0.25) is 4.79 Å². The smallest absolute Gasteiger partial charge is 0.331 e. The molecule has 0 bridgehead atoms. The molecule has 6 atom stereocenters. The van der Waals surface area contributed by atoms with E-state index in [0.717, 1.165) is 18.9 Å². The second-order valence-electron chi connectivity index (χ2n) is 9.99. The summed E-state index contributed by atoms with van der Waals surface area (Å²) in [6, 6.07) is 8.63. The van der Waals surface area contributed by atoms with Crippen molar-refractivity contribution >= 4 is 29.0 Å². The minimum absolute atomic E-state index is 0.383. The van der Waals surface area contributed by atoms with Gasteiger partial charge in [0.15, 0.2) is 6.10 Å². The molecule has 6 nitrogen and oxygen atoms in total. The Morgan fingerprint density at radius 2 is 1.97 bits per heavy atom. The van der Waals surface area contributed by atoms with Crippen LogP contribution in [0.4, 0.5) is 13.2 Å². The van der Waals surface area contributed by atoms with Gasteiger partial charge in [-0.25, -0.2) is 18.0 Å². The number of hydrogen-bond acceptors (Lipinski definition) is 6. The second kappa shape index (κ2) is 11.4. The largest absolute Gasteiger partial charge is 0.458 e. The molecular weight excluding hydrogens is 517 g/mol. The summed E-state index contributed by atoms with van der Waals surface area (Å²) in [6.45, 7) is 3.88. The van der Waals surface area contributed by atoms with E-state index < -0.39 is 52.6 Å². The molecule has 4 unspecified atom stereocenters. The van der Waals surface area contributed by atoms with Crippen LogP contribution in [0.15, 0.2) is 60.4 Å². The van der Waals surface area contributed by atoms with Crippen LogP contribution in [0.5, 0.6) is 5.75 Å². The highest BCUT2D eigenvalue weighted by Gasteiger charge is 2.61. The number of rotatable bonds is 10. The molecule has 0 aromatic heterocycles. The number of hydrogen-bond donors (Lipinski definition) is 0. The molecule has 0 N–H and O–H groups in total. The van der Waals surface area contributed by atoms with E-state index >= 15 is 0 Å². The van der Waals surface area contributed by atoms with Gasteiger partial charge in [0.05, 0.1) is 5.92 Å². The minimum atomic E-state index is -3.74. The molecule has 38 heavy (non-hydrogen) atoms. The zero-order chi connectivity index (χ0) is 28.3. The summed E-state index contributed by atoms with van der Waals surface area (Å²) in [6.07, 6.45) is 6.03. The first-order valence-corrected chi connectivity index (χ1v) is 12.5. The average molecular weight is 545 g/mol. The number of benzene rings is 1. The topological polar surface area (TPSA) is 85.6 Å². The van der Waals surface area contributed by atoms with Crippen molar-refractivity contribution in [2.45, 2.75) is 57.1 Å². The molecule has 11 heteroatoms. The number of nitrogens with zero attached hydrogens (tertiary/aromatic N) is 1. The Morgan fingerprint density at radius 1 is 1.26 bits per heavy atom. The first-order chi connectivity index (χ1) is 17.6. The third kappa shape index (κ3) is 7.29. The van der Waals surface area contributed by atoms with Gasteiger partial charge in [-0.05, 0) is 48.5 Å². The van der Waals surface area contributed by atoms with Crippen LogP contribution in [0.1, 0.15) is 45.3 Å². The number of esters is 2. The lowest BCUT2D eigenvalue weighted by atomic mass is 9.91. The Hall–Kier alpha value is -3.05. The maximum Gasteiger partial charge on any atom is 0.331 e. The van der Waals surface area contributed by atoms with Crippen LogP contribution in [0.3, 0.4) is 0 Å². The van der Waals surface area contributed by atoms with Gasteiger partial charge in [-0.1, -0.05) is 38.1 Å². The standard InChI is InChI=1S/C27H28BF3NO5P/c1-25(2)19(12-13-21(33)37-24(26(3,29)30)27(28,31)38)22(25)23(34)36-20(15-32)16-8-7-11-18(14-16)35-17-9-5-4-6-10-17/h5,7-14,19-20,22,24H,4,6,38H2,1-3H3/b13-12-/t19-,20?,22-,24?,27?/m0/s1. The van der Waals surface area contributed by atoms with Gasteiger partial charge in [0.2, 0.25) is 6.10 Å². The molecular formula is C27H28BF3NO5P. The molecule has 2 aliphatic rings. The quantitative estimate of drug-likeness (QED) is 0.168. The molecule has 0 spiro atoms. The Bertz CT molecular complexity index is 1180. The van der Waals surface area contributed by atoms with Crippen molar-refractivity contribution in [3.8, 4) is 11.8 Å². The van der Waals surface area contributed by atoms with Crippen molar-refractivity contribution in [2.75, 3.05) is 0 Å². The molecule has 1 aromatic rings. The van der Waals surface area contributed by atoms with E-state index in [1.807, 2.05) is 24.3 Å². The molecule has 3 rings (SSSR count). The van der Waals surface area contributed by atoms with Crippen molar-refractivity contribution in [1.82, 2.24) is 0 Å². The summed E-state index contributed by atoms with van der Waals surface area (Å²) in [4.78, 5) is 25.0. The van der Waals surface area contributed by atoms with E-state index in [1.54, 1.807) is 38.1 Å². The zero-order valence-corrected chi connectivity index (χ0v) is 22.4. The van der Waals surface area contributed by atoms with Crippen LogP contribution >= 0.6 is 9.24 Å². The van der Waals surface area contributed by atoms with E-state index in [-0.39, 0.29) is 0 Å². The van der Waals surface area contributed by atoms with Crippen LogP contribution in [-0.2, 0) is 19.1 Å². The highest BCUT2D eigenvalue weighted by atomic mass is 31.0. The number of alkyl halides is 3. The Morgan fingerprint density at radius 3 is 2.55 bits per heavy atom. The number of nitriles is 1. The monoisotopic (exact) mass is 545 g/mol. The fraction of sp³-hybridized carbons (Fsp3) is 0.444. The molecule has 0 saturated heterocycles. The summed E-state index contributed by atoms with van der Waals surface area (Å²) in [5.41, 5.74) is -0.223. The molecule has 2 aliphatic carbocycles. The summed E-state index contributed by atoms with van der Waals surface area (Å²) in [5, 5.41) is 6.61. The van der Waals surface area contributed by atoms with E-state index in [4.69, 9.17) is 17.3 Å². The molecule has 0 amide bonds. The average Bonchev–Trinajstić information content (AvgIpc) is 3.39. The highest BCUT2D eigenvalue weighted by Crippen LogP contribution is 2.59. The first-order valence-electron chi connectivity index (χ1n) is 11.9. The van der Waals surface area contributed by atoms with Crippen LogP contribution in [0, 0.1) is 28.6 Å². The fourth-order valence-corrected chi connectivity index (χ4v) is 4.67. The number of allylic oxidation sites excluding steroid dienone is 4. The lowest BCUT2D eigenvalue weighted by Gasteiger charge is -2.31. The van der Waals surface area contributed by atoms with E-state index in [0.29, 0.717) is 24.0 Å². The predicted molar refractivity (Wildman–Crippen MR) is 138 cm³/mol. The van der Waals surface area contributed by atoms with Crippen LogP contribution < -0.4 is 4.74 Å². The van der Waals surface area contributed by atoms with Crippen molar-refractivity contribution in [1.29, 1.82) is 5.26 Å². The van der Waals surface area contributed by atoms with Gasteiger partial charge < -0.3 is 14.2 Å². The van der Waals surface area contributed by atoms with E-state index in [9.17, 15) is 28.0 Å². The molecule has 0 heterocycles. The number of carbonyl (C=O) groups excluding carboxylic acids is 2. The van der Waals surface area contributed by atoms with Gasteiger partial charge in [0.1, 0.15) is 30.7 Å². The fourth-order valence-electron chi connectivity index (χ4n) is 4.31. The third-order valence-electron chi connectivity index (χ3n) is 6.41. The Labute approximate surface area is 223 Å². The third-order valence-corrected chi connectivity index (χ3v) is 6.71. The maximum atomic E-state index is 13.9. The van der Waals surface area contributed by atoms with Gasteiger partial charge in [-0.2, -0.15) is 5.26 Å². The van der Waals surface area contributed by atoms with Crippen molar-refractivity contribution in [3.05, 3.63) is 66.0 Å². The lowest BCUT2D eigenvalue weighted by Crippen LogP contribution is -2.47. The van der Waals surface area contributed by atoms with Crippen LogP contribution in [-0.4, -0.2) is 37.1 Å². The summed E-state index contributed by atoms with van der Waals surface area (Å²) in [5.74, 6) is -5.69. The Balaban J connectivity index is 1.64. The van der Waals surface area contributed by atoms with Gasteiger partial charge in [0.25, 0.3) is 5.92 Å². The van der Waals surface area contributed by atoms with Crippen molar-refractivity contribution in [3.63, 3.8) is 0 Å². The summed E-state index contributed by atoms with van der Waals surface area (Å²) < 4.78 is 57.1. The SMILES string of the molecule is [B]C(F)(P)C(OC(=O)/C=C\[C@H]1[C@@H](C(=O)OC(C#N)c2cccc(OC3=CCCC=C3)c2)C1(C)C)C(C)(F)F. The van der Waals surface area contributed by atoms with Crippen LogP contribution in [0.2, 0.25) is 0 Å². The molecule has 200 valence electrons. The normalized spacial score (nSPS) is 23.4. The maximum absolute atomic E-state index is 13.9. The van der Waals surface area contributed by atoms with Crippen molar-refractivity contribution in [2.24, 2.45) is 17.3 Å². The summed E-state index contributed by atoms with van der Waals surface area (Å²) >= 11 is 0. The Kier molecular flexibility index (Phi) is 8.83. The zero-order valence-electron chi connectivity index (χ0n) is 21.2. The number of carbonyl (C=O) groups is 2.